The standard InChI is InChI=1S/C15H26N2/c1-11-9-13(3)14(10-12(11)2)17(6)15(4,5)7-8-16/h9-10H,7-8,16H2,1-6H3. The Balaban J connectivity index is 3.12. The molecule has 0 fully saturated rings. The monoisotopic (exact) mass is 234 g/mol. The topological polar surface area (TPSA) is 29.3 Å². The lowest BCUT2D eigenvalue weighted by Crippen LogP contribution is -2.43. The van der Waals surface area contributed by atoms with Gasteiger partial charge in [-0.25, -0.2) is 0 Å². The summed E-state index contributed by atoms with van der Waals surface area (Å²) in [6.45, 7) is 11.7. The largest absolute Gasteiger partial charge is 0.369 e. The third-order valence-corrected chi connectivity index (χ3v) is 3.84. The lowest BCUT2D eigenvalue weighted by Gasteiger charge is -2.38. The summed E-state index contributed by atoms with van der Waals surface area (Å²) in [4.78, 5) is 2.35. The number of hydrogen-bond acceptors (Lipinski definition) is 2. The van der Waals surface area contributed by atoms with Crippen LogP contribution in [-0.4, -0.2) is 19.1 Å². The number of anilines is 1. The van der Waals surface area contributed by atoms with Crippen LogP contribution in [0.1, 0.15) is 37.0 Å². The zero-order valence-electron chi connectivity index (χ0n) is 12.1. The molecule has 1 aromatic carbocycles. The molecule has 0 amide bonds. The van der Waals surface area contributed by atoms with Crippen LogP contribution in [0.3, 0.4) is 0 Å². The molecule has 96 valence electrons. The minimum atomic E-state index is 0.0984. The Bertz CT molecular complexity index is 394. The summed E-state index contributed by atoms with van der Waals surface area (Å²) in [6, 6.07) is 4.54. The molecule has 0 aliphatic rings. The predicted octanol–water partition coefficient (Wildman–Crippen LogP) is 3.18. The van der Waals surface area contributed by atoms with Crippen LogP contribution in [0, 0.1) is 20.8 Å². The summed E-state index contributed by atoms with van der Waals surface area (Å²) in [5.41, 5.74) is 11.1. The molecule has 0 spiro atoms. The molecule has 0 saturated heterocycles. The number of nitrogens with two attached hydrogens (primary N) is 1. The molecular formula is C15H26N2. The predicted molar refractivity (Wildman–Crippen MR) is 76.8 cm³/mol. The van der Waals surface area contributed by atoms with Crippen molar-refractivity contribution in [1.29, 1.82) is 0 Å². The lowest BCUT2D eigenvalue weighted by atomic mass is 9.95. The molecular weight excluding hydrogens is 208 g/mol. The Hall–Kier alpha value is -1.02. The molecule has 0 heterocycles. The molecule has 0 bridgehead atoms. The molecule has 0 aliphatic carbocycles. The number of rotatable bonds is 4. The van der Waals surface area contributed by atoms with Crippen LogP contribution in [0.4, 0.5) is 5.69 Å². The van der Waals surface area contributed by atoms with E-state index in [1.807, 2.05) is 0 Å². The fourth-order valence-electron chi connectivity index (χ4n) is 2.15. The number of hydrogen-bond donors (Lipinski definition) is 1. The minimum Gasteiger partial charge on any atom is -0.369 e. The first-order valence-electron chi connectivity index (χ1n) is 6.31. The fourth-order valence-corrected chi connectivity index (χ4v) is 2.15. The molecule has 0 unspecified atom stereocenters. The second-order valence-corrected chi connectivity index (χ2v) is 5.63. The van der Waals surface area contributed by atoms with Gasteiger partial charge in [0.15, 0.2) is 0 Å². The number of benzene rings is 1. The molecule has 0 radical (unpaired) electrons. The summed E-state index contributed by atoms with van der Waals surface area (Å²) in [5, 5.41) is 0. The van der Waals surface area contributed by atoms with E-state index in [1.165, 1.54) is 22.4 Å². The summed E-state index contributed by atoms with van der Waals surface area (Å²) >= 11 is 0. The van der Waals surface area contributed by atoms with Crippen molar-refractivity contribution in [3.8, 4) is 0 Å². The van der Waals surface area contributed by atoms with Crippen molar-refractivity contribution in [1.82, 2.24) is 0 Å². The van der Waals surface area contributed by atoms with E-state index in [2.05, 4.69) is 58.7 Å². The average Bonchev–Trinajstić information content (AvgIpc) is 2.22. The molecule has 1 aromatic rings. The Morgan fingerprint density at radius 3 is 2.12 bits per heavy atom. The van der Waals surface area contributed by atoms with Crippen molar-refractivity contribution >= 4 is 5.69 Å². The van der Waals surface area contributed by atoms with Gasteiger partial charge in [0.05, 0.1) is 0 Å². The van der Waals surface area contributed by atoms with Crippen molar-refractivity contribution in [2.24, 2.45) is 5.73 Å². The highest BCUT2D eigenvalue weighted by Gasteiger charge is 2.24. The van der Waals surface area contributed by atoms with Gasteiger partial charge in [-0.1, -0.05) is 6.07 Å². The van der Waals surface area contributed by atoms with Gasteiger partial charge in [0.1, 0.15) is 0 Å². The quantitative estimate of drug-likeness (QED) is 0.867. The molecule has 2 nitrogen and oxygen atoms in total. The summed E-state index contributed by atoms with van der Waals surface area (Å²) in [7, 11) is 2.16. The van der Waals surface area contributed by atoms with E-state index < -0.39 is 0 Å². The summed E-state index contributed by atoms with van der Waals surface area (Å²) in [6.07, 6.45) is 0.996. The van der Waals surface area contributed by atoms with Gasteiger partial charge in [0, 0.05) is 18.3 Å². The second kappa shape index (κ2) is 5.09. The normalized spacial score (nSPS) is 11.7. The van der Waals surface area contributed by atoms with Crippen molar-refractivity contribution in [3.63, 3.8) is 0 Å². The maximum atomic E-state index is 5.70. The highest BCUT2D eigenvalue weighted by atomic mass is 15.2. The zero-order valence-corrected chi connectivity index (χ0v) is 12.1. The first kappa shape index (κ1) is 14.0. The van der Waals surface area contributed by atoms with Gasteiger partial charge in [-0.05, 0) is 70.3 Å². The van der Waals surface area contributed by atoms with E-state index >= 15 is 0 Å². The maximum absolute atomic E-state index is 5.70. The average molecular weight is 234 g/mol. The third kappa shape index (κ3) is 3.01. The molecule has 2 heteroatoms. The van der Waals surface area contributed by atoms with Crippen LogP contribution in [0.15, 0.2) is 12.1 Å². The molecule has 0 atom stereocenters. The molecule has 1 rings (SSSR count). The van der Waals surface area contributed by atoms with Gasteiger partial charge < -0.3 is 10.6 Å². The van der Waals surface area contributed by atoms with Gasteiger partial charge in [0.25, 0.3) is 0 Å². The summed E-state index contributed by atoms with van der Waals surface area (Å²) < 4.78 is 0. The van der Waals surface area contributed by atoms with Gasteiger partial charge in [0.2, 0.25) is 0 Å². The van der Waals surface area contributed by atoms with E-state index in [9.17, 15) is 0 Å². The van der Waals surface area contributed by atoms with Crippen LogP contribution in [-0.2, 0) is 0 Å². The Morgan fingerprint density at radius 2 is 1.59 bits per heavy atom. The maximum Gasteiger partial charge on any atom is 0.0400 e. The molecule has 2 N–H and O–H groups in total. The highest BCUT2D eigenvalue weighted by molar-refractivity contribution is 5.57. The van der Waals surface area contributed by atoms with Crippen molar-refractivity contribution in [2.75, 3.05) is 18.5 Å². The Labute approximate surface area is 106 Å². The number of nitrogens with zero attached hydrogens (tertiary/aromatic N) is 1. The minimum absolute atomic E-state index is 0.0984. The molecule has 17 heavy (non-hydrogen) atoms. The zero-order chi connectivity index (χ0) is 13.2. The third-order valence-electron chi connectivity index (χ3n) is 3.84. The van der Waals surface area contributed by atoms with Gasteiger partial charge >= 0.3 is 0 Å². The summed E-state index contributed by atoms with van der Waals surface area (Å²) in [5.74, 6) is 0. The van der Waals surface area contributed by atoms with Crippen molar-refractivity contribution < 1.29 is 0 Å². The Morgan fingerprint density at radius 1 is 1.06 bits per heavy atom. The van der Waals surface area contributed by atoms with Gasteiger partial charge in [-0.15, -0.1) is 0 Å². The van der Waals surface area contributed by atoms with E-state index in [0.29, 0.717) is 0 Å². The van der Waals surface area contributed by atoms with Crippen LogP contribution in [0.25, 0.3) is 0 Å². The molecule has 0 aromatic heterocycles. The van der Waals surface area contributed by atoms with E-state index in [1.54, 1.807) is 0 Å². The van der Waals surface area contributed by atoms with Gasteiger partial charge in [-0.2, -0.15) is 0 Å². The Kier molecular flexibility index (Phi) is 4.21. The molecule has 0 saturated carbocycles. The van der Waals surface area contributed by atoms with E-state index in [4.69, 9.17) is 5.73 Å². The van der Waals surface area contributed by atoms with Crippen molar-refractivity contribution in [3.05, 3.63) is 28.8 Å². The van der Waals surface area contributed by atoms with Crippen molar-refractivity contribution in [2.45, 2.75) is 46.6 Å². The van der Waals surface area contributed by atoms with E-state index in [0.717, 1.165) is 13.0 Å². The SMILES string of the molecule is Cc1cc(C)c(N(C)C(C)(C)CCN)cc1C. The number of aryl methyl sites for hydroxylation is 3. The van der Waals surface area contributed by atoms with Crippen LogP contribution < -0.4 is 10.6 Å². The van der Waals surface area contributed by atoms with Crippen LogP contribution in [0.5, 0.6) is 0 Å². The second-order valence-electron chi connectivity index (χ2n) is 5.63. The van der Waals surface area contributed by atoms with Crippen LogP contribution >= 0.6 is 0 Å². The first-order chi connectivity index (χ1) is 7.79. The van der Waals surface area contributed by atoms with Crippen LogP contribution in [0.2, 0.25) is 0 Å². The fraction of sp³-hybridized carbons (Fsp3) is 0.600. The molecule has 0 aliphatic heterocycles. The van der Waals surface area contributed by atoms with E-state index in [-0.39, 0.29) is 5.54 Å². The first-order valence-corrected chi connectivity index (χ1v) is 6.31. The smallest absolute Gasteiger partial charge is 0.0400 e. The van der Waals surface area contributed by atoms with Gasteiger partial charge in [-0.3, -0.25) is 0 Å². The highest BCUT2D eigenvalue weighted by Crippen LogP contribution is 2.29. The lowest BCUT2D eigenvalue weighted by molar-refractivity contribution is 0.455.